The van der Waals surface area contributed by atoms with Crippen molar-refractivity contribution in [3.05, 3.63) is 57.0 Å². The van der Waals surface area contributed by atoms with Gasteiger partial charge in [0.05, 0.1) is 11.6 Å². The van der Waals surface area contributed by atoms with E-state index in [0.29, 0.717) is 16.3 Å². The molecule has 0 saturated heterocycles. The van der Waals surface area contributed by atoms with E-state index < -0.39 is 6.10 Å². The fourth-order valence-electron chi connectivity index (χ4n) is 2.06. The van der Waals surface area contributed by atoms with Crippen LogP contribution in [0.3, 0.4) is 0 Å². The lowest BCUT2D eigenvalue weighted by molar-refractivity contribution is 0.211. The average molecular weight is 374 g/mol. The smallest absolute Gasteiger partial charge is 0.139 e. The largest absolute Gasteiger partial charge is 0.495 e. The fraction of sp³-hybridized carbons (Fsp3) is 0.200. The van der Waals surface area contributed by atoms with Crippen molar-refractivity contribution in [2.75, 3.05) is 13.4 Å². The van der Waals surface area contributed by atoms with Crippen molar-refractivity contribution in [3.8, 4) is 5.75 Å². The van der Waals surface area contributed by atoms with Crippen molar-refractivity contribution in [1.82, 2.24) is 0 Å². The van der Waals surface area contributed by atoms with E-state index in [1.54, 1.807) is 31.0 Å². The highest BCUT2D eigenvalue weighted by Crippen LogP contribution is 2.40. The molecule has 0 bridgehead atoms. The second-order valence-corrected chi connectivity index (χ2v) is 6.29. The van der Waals surface area contributed by atoms with Crippen LogP contribution in [0.4, 0.5) is 0 Å². The zero-order chi connectivity index (χ0) is 14.7. The number of aliphatic hydroxyl groups is 1. The molecular formula is C15H14BrClO2S. The van der Waals surface area contributed by atoms with Crippen molar-refractivity contribution in [3.63, 3.8) is 0 Å². The predicted molar refractivity (Wildman–Crippen MR) is 88.0 cm³/mol. The highest BCUT2D eigenvalue weighted by atomic mass is 79.9. The number of ether oxygens (including phenoxy) is 1. The number of halogens is 2. The summed E-state index contributed by atoms with van der Waals surface area (Å²) in [4.78, 5) is 1.03. The molecule has 0 aliphatic carbocycles. The van der Waals surface area contributed by atoms with Gasteiger partial charge in [-0.1, -0.05) is 29.8 Å². The lowest BCUT2D eigenvalue weighted by Gasteiger charge is -2.19. The van der Waals surface area contributed by atoms with Crippen LogP contribution in [0.15, 0.2) is 45.8 Å². The molecule has 0 aliphatic rings. The van der Waals surface area contributed by atoms with E-state index in [0.717, 1.165) is 14.9 Å². The Hall–Kier alpha value is -0.680. The van der Waals surface area contributed by atoms with E-state index in [4.69, 9.17) is 16.3 Å². The molecule has 20 heavy (non-hydrogen) atoms. The average Bonchev–Trinajstić information content (AvgIpc) is 2.45. The Morgan fingerprint density at radius 2 is 1.95 bits per heavy atom. The first kappa shape index (κ1) is 15.7. The van der Waals surface area contributed by atoms with Crippen LogP contribution in [0.2, 0.25) is 5.02 Å². The summed E-state index contributed by atoms with van der Waals surface area (Å²) in [6, 6.07) is 11.2. The quantitative estimate of drug-likeness (QED) is 0.772. The molecule has 0 fully saturated rings. The van der Waals surface area contributed by atoms with Gasteiger partial charge in [-0.05, 0) is 45.9 Å². The van der Waals surface area contributed by atoms with E-state index in [9.17, 15) is 5.11 Å². The van der Waals surface area contributed by atoms with Gasteiger partial charge in [0.15, 0.2) is 0 Å². The van der Waals surface area contributed by atoms with E-state index >= 15 is 0 Å². The summed E-state index contributed by atoms with van der Waals surface area (Å²) < 4.78 is 6.10. The minimum Gasteiger partial charge on any atom is -0.495 e. The van der Waals surface area contributed by atoms with Crippen LogP contribution in [-0.4, -0.2) is 18.5 Å². The molecule has 5 heteroatoms. The zero-order valence-corrected chi connectivity index (χ0v) is 14.2. The van der Waals surface area contributed by atoms with Gasteiger partial charge in [0.25, 0.3) is 0 Å². The predicted octanol–water partition coefficient (Wildman–Crippen LogP) is 4.91. The van der Waals surface area contributed by atoms with Crippen LogP contribution in [-0.2, 0) is 0 Å². The Kier molecular flexibility index (Phi) is 5.38. The van der Waals surface area contributed by atoms with Gasteiger partial charge in [-0.2, -0.15) is 0 Å². The number of hydrogen-bond donors (Lipinski definition) is 1. The van der Waals surface area contributed by atoms with Gasteiger partial charge >= 0.3 is 0 Å². The van der Waals surface area contributed by atoms with Crippen molar-refractivity contribution < 1.29 is 9.84 Å². The molecular weight excluding hydrogens is 360 g/mol. The molecule has 106 valence electrons. The molecule has 2 aromatic carbocycles. The first-order valence-electron chi connectivity index (χ1n) is 5.92. The maximum absolute atomic E-state index is 10.7. The number of benzene rings is 2. The summed E-state index contributed by atoms with van der Waals surface area (Å²) >= 11 is 11.1. The van der Waals surface area contributed by atoms with Gasteiger partial charge in [0, 0.05) is 15.5 Å². The highest BCUT2D eigenvalue weighted by molar-refractivity contribution is 9.10. The minimum absolute atomic E-state index is 0.549. The third kappa shape index (κ3) is 3.14. The second kappa shape index (κ2) is 6.85. The van der Waals surface area contributed by atoms with E-state index in [1.165, 1.54) is 0 Å². The lowest BCUT2D eigenvalue weighted by Crippen LogP contribution is -2.04. The maximum atomic E-state index is 10.7. The number of rotatable bonds is 4. The summed E-state index contributed by atoms with van der Waals surface area (Å²) in [5.41, 5.74) is 1.49. The normalized spacial score (nSPS) is 12.2. The SMILES string of the molecule is COc1c(Br)cc(Cl)cc1C(O)c1ccccc1SC. The third-order valence-corrected chi connectivity index (χ3v) is 4.59. The molecule has 1 atom stereocenters. The molecule has 2 aromatic rings. The van der Waals surface area contributed by atoms with Crippen molar-refractivity contribution >= 4 is 39.3 Å². The van der Waals surface area contributed by atoms with Crippen LogP contribution in [0.1, 0.15) is 17.2 Å². The van der Waals surface area contributed by atoms with Gasteiger partial charge in [-0.25, -0.2) is 0 Å². The summed E-state index contributed by atoms with van der Waals surface area (Å²) in [5, 5.41) is 11.2. The van der Waals surface area contributed by atoms with Crippen LogP contribution in [0.25, 0.3) is 0 Å². The molecule has 0 aromatic heterocycles. The Morgan fingerprint density at radius 3 is 2.60 bits per heavy atom. The number of methoxy groups -OCH3 is 1. The van der Waals surface area contributed by atoms with Gasteiger partial charge in [0.2, 0.25) is 0 Å². The molecule has 0 radical (unpaired) electrons. The Labute approximate surface area is 136 Å². The number of thioether (sulfide) groups is 1. The molecule has 1 N–H and O–H groups in total. The van der Waals surface area contributed by atoms with E-state index in [1.807, 2.05) is 30.5 Å². The monoisotopic (exact) mass is 372 g/mol. The Bertz CT molecular complexity index is 619. The van der Waals surface area contributed by atoms with Crippen molar-refractivity contribution in [2.24, 2.45) is 0 Å². The van der Waals surface area contributed by atoms with Gasteiger partial charge in [-0.15, -0.1) is 11.8 Å². The Morgan fingerprint density at radius 1 is 1.25 bits per heavy atom. The van der Waals surface area contributed by atoms with Gasteiger partial charge in [0.1, 0.15) is 11.9 Å². The molecule has 0 heterocycles. The third-order valence-electron chi connectivity index (χ3n) is 2.97. The number of hydrogen-bond acceptors (Lipinski definition) is 3. The maximum Gasteiger partial charge on any atom is 0.139 e. The van der Waals surface area contributed by atoms with Crippen molar-refractivity contribution in [1.29, 1.82) is 0 Å². The molecule has 1 unspecified atom stereocenters. The van der Waals surface area contributed by atoms with Crippen LogP contribution < -0.4 is 4.74 Å². The summed E-state index contributed by atoms with van der Waals surface area (Å²) in [6.07, 6.45) is 1.19. The van der Waals surface area contributed by atoms with Crippen LogP contribution in [0, 0.1) is 0 Å². The molecule has 0 saturated carbocycles. The molecule has 0 spiro atoms. The highest BCUT2D eigenvalue weighted by Gasteiger charge is 2.20. The lowest BCUT2D eigenvalue weighted by atomic mass is 10.0. The summed E-state index contributed by atoms with van der Waals surface area (Å²) in [7, 11) is 1.57. The van der Waals surface area contributed by atoms with Gasteiger partial charge < -0.3 is 9.84 Å². The second-order valence-electron chi connectivity index (χ2n) is 4.15. The first-order chi connectivity index (χ1) is 9.58. The van der Waals surface area contributed by atoms with Crippen LogP contribution in [0.5, 0.6) is 5.75 Å². The van der Waals surface area contributed by atoms with E-state index in [2.05, 4.69) is 15.9 Å². The summed E-state index contributed by atoms with van der Waals surface area (Å²) in [6.45, 7) is 0. The molecule has 2 nitrogen and oxygen atoms in total. The van der Waals surface area contributed by atoms with E-state index in [-0.39, 0.29) is 0 Å². The summed E-state index contributed by atoms with van der Waals surface area (Å²) in [5.74, 6) is 0.595. The van der Waals surface area contributed by atoms with Crippen molar-refractivity contribution in [2.45, 2.75) is 11.0 Å². The zero-order valence-electron chi connectivity index (χ0n) is 11.1. The van der Waals surface area contributed by atoms with Gasteiger partial charge in [-0.3, -0.25) is 0 Å². The molecule has 0 amide bonds. The fourth-order valence-corrected chi connectivity index (χ4v) is 3.68. The standard InChI is InChI=1S/C15H14BrClO2S/c1-19-15-11(7-9(17)8-12(15)16)14(18)10-5-3-4-6-13(10)20-2/h3-8,14,18H,1-2H3. The molecule has 0 aliphatic heterocycles. The number of aliphatic hydroxyl groups excluding tert-OH is 1. The Balaban J connectivity index is 2.55. The van der Waals surface area contributed by atoms with Crippen LogP contribution >= 0.6 is 39.3 Å². The minimum atomic E-state index is -0.788. The first-order valence-corrected chi connectivity index (χ1v) is 8.32. The topological polar surface area (TPSA) is 29.5 Å². The molecule has 2 rings (SSSR count).